The summed E-state index contributed by atoms with van der Waals surface area (Å²) in [6.45, 7) is 8.19. The van der Waals surface area contributed by atoms with Gasteiger partial charge < -0.3 is 15.1 Å². The average Bonchev–Trinajstić information content (AvgIpc) is 3.27. The van der Waals surface area contributed by atoms with Gasteiger partial charge >= 0.3 is 0 Å². The summed E-state index contributed by atoms with van der Waals surface area (Å²) in [4.78, 5) is 10.2. The van der Waals surface area contributed by atoms with Gasteiger partial charge in [-0.1, -0.05) is 29.8 Å². The molecule has 0 radical (unpaired) electrons. The molecule has 0 saturated carbocycles. The molecule has 0 saturated heterocycles. The van der Waals surface area contributed by atoms with Crippen molar-refractivity contribution in [3.63, 3.8) is 0 Å². The van der Waals surface area contributed by atoms with Crippen LogP contribution in [0.2, 0.25) is 0 Å². The monoisotopic (exact) mass is 496 g/mol. The summed E-state index contributed by atoms with van der Waals surface area (Å²) in [7, 11) is 0. The number of oxazole rings is 1. The van der Waals surface area contributed by atoms with Crippen LogP contribution in [0.4, 0.5) is 0 Å². The highest BCUT2D eigenvalue weighted by molar-refractivity contribution is 14.0. The molecule has 0 atom stereocenters. The molecule has 144 valence electrons. The molecular weight excluding hydrogens is 471 g/mol. The number of nitrogens with zero attached hydrogens (tertiary/aromatic N) is 2. The number of halogens is 1. The molecular formula is C20H25IN4OS. The Hall–Kier alpha value is -1.87. The van der Waals surface area contributed by atoms with Gasteiger partial charge in [-0.3, -0.25) is 0 Å². The Morgan fingerprint density at radius 1 is 1.15 bits per heavy atom. The van der Waals surface area contributed by atoms with Crippen LogP contribution in [-0.4, -0.2) is 17.5 Å². The highest BCUT2D eigenvalue weighted by Crippen LogP contribution is 2.21. The van der Waals surface area contributed by atoms with E-state index in [9.17, 15) is 0 Å². The number of nitrogens with one attached hydrogen (secondary N) is 2. The number of benzene rings is 1. The van der Waals surface area contributed by atoms with E-state index in [-0.39, 0.29) is 24.0 Å². The van der Waals surface area contributed by atoms with E-state index >= 15 is 0 Å². The summed E-state index contributed by atoms with van der Waals surface area (Å²) in [6, 6.07) is 10.3. The summed E-state index contributed by atoms with van der Waals surface area (Å²) < 4.78 is 5.84. The standard InChI is InChI=1S/C20H24N4OS.HI/c1-4-21-20(23-12-18-15(3)9-10-26-18)24-13-19-22-11-17(25-19)16-7-5-14(2)6-8-16;/h5-11H,4,12-13H2,1-3H3,(H2,21,23,24);1H. The SMILES string of the molecule is CCNC(=NCc1ncc(-c2ccc(C)cc2)o1)NCc1sccc1C.I. The van der Waals surface area contributed by atoms with Gasteiger partial charge in [0.15, 0.2) is 11.7 Å². The minimum Gasteiger partial charge on any atom is -0.439 e. The Morgan fingerprint density at radius 2 is 1.93 bits per heavy atom. The van der Waals surface area contributed by atoms with E-state index in [1.165, 1.54) is 16.0 Å². The number of thiophene rings is 1. The quantitative estimate of drug-likeness (QED) is 0.290. The Morgan fingerprint density at radius 3 is 2.59 bits per heavy atom. The highest BCUT2D eigenvalue weighted by atomic mass is 127. The second-order valence-corrected chi connectivity index (χ2v) is 7.06. The van der Waals surface area contributed by atoms with E-state index in [2.05, 4.69) is 58.0 Å². The molecule has 5 nitrogen and oxygen atoms in total. The number of aryl methyl sites for hydroxylation is 2. The fraction of sp³-hybridized carbons (Fsp3) is 0.300. The first-order valence-corrected chi connectivity index (χ1v) is 9.60. The zero-order valence-corrected chi connectivity index (χ0v) is 18.9. The molecule has 0 amide bonds. The Bertz CT molecular complexity index is 870. The van der Waals surface area contributed by atoms with Crippen molar-refractivity contribution >= 4 is 41.3 Å². The Labute approximate surface area is 181 Å². The van der Waals surface area contributed by atoms with Crippen LogP contribution in [-0.2, 0) is 13.1 Å². The van der Waals surface area contributed by atoms with Crippen LogP contribution >= 0.6 is 35.3 Å². The van der Waals surface area contributed by atoms with Crippen LogP contribution < -0.4 is 10.6 Å². The van der Waals surface area contributed by atoms with Crippen molar-refractivity contribution in [1.82, 2.24) is 15.6 Å². The second-order valence-electron chi connectivity index (χ2n) is 6.06. The van der Waals surface area contributed by atoms with Gasteiger partial charge in [0.2, 0.25) is 5.89 Å². The molecule has 27 heavy (non-hydrogen) atoms. The zero-order chi connectivity index (χ0) is 18.4. The average molecular weight is 496 g/mol. The topological polar surface area (TPSA) is 62.5 Å². The lowest BCUT2D eigenvalue weighted by molar-refractivity contribution is 0.509. The third kappa shape index (κ3) is 6.07. The normalized spacial score (nSPS) is 11.1. The van der Waals surface area contributed by atoms with Gasteiger partial charge in [0.25, 0.3) is 0 Å². The van der Waals surface area contributed by atoms with Crippen LogP contribution in [0, 0.1) is 13.8 Å². The van der Waals surface area contributed by atoms with Gasteiger partial charge in [-0.25, -0.2) is 9.98 Å². The molecule has 0 aliphatic carbocycles. The number of hydrogen-bond acceptors (Lipinski definition) is 4. The summed E-state index contributed by atoms with van der Waals surface area (Å²) in [5, 5.41) is 8.72. The van der Waals surface area contributed by atoms with E-state index in [1.807, 2.05) is 19.1 Å². The minimum absolute atomic E-state index is 0. The third-order valence-corrected chi connectivity index (χ3v) is 5.01. The molecule has 0 bridgehead atoms. The lowest BCUT2D eigenvalue weighted by Crippen LogP contribution is -2.36. The Kier molecular flexibility index (Phi) is 8.30. The molecule has 0 aliphatic heterocycles. The van der Waals surface area contributed by atoms with Crippen LogP contribution in [0.5, 0.6) is 0 Å². The molecule has 3 aromatic rings. The van der Waals surface area contributed by atoms with Crippen molar-refractivity contribution in [1.29, 1.82) is 0 Å². The first-order valence-electron chi connectivity index (χ1n) is 8.72. The van der Waals surface area contributed by atoms with Gasteiger partial charge in [0, 0.05) is 17.0 Å². The molecule has 2 aromatic heterocycles. The maximum absolute atomic E-state index is 5.84. The third-order valence-electron chi connectivity index (χ3n) is 3.99. The van der Waals surface area contributed by atoms with Crippen LogP contribution in [0.15, 0.2) is 51.3 Å². The zero-order valence-electron chi connectivity index (χ0n) is 15.8. The summed E-state index contributed by atoms with van der Waals surface area (Å²) in [5.41, 5.74) is 3.55. The first-order chi connectivity index (χ1) is 12.7. The molecule has 0 spiro atoms. The first kappa shape index (κ1) is 21.4. The van der Waals surface area contributed by atoms with E-state index in [4.69, 9.17) is 4.42 Å². The van der Waals surface area contributed by atoms with Crippen molar-refractivity contribution in [3.05, 3.63) is 63.8 Å². The van der Waals surface area contributed by atoms with Crippen LogP contribution in [0.3, 0.4) is 0 Å². The largest absolute Gasteiger partial charge is 0.439 e. The molecule has 3 rings (SSSR count). The molecule has 0 unspecified atom stereocenters. The van der Waals surface area contributed by atoms with Gasteiger partial charge in [-0.05, 0) is 37.8 Å². The van der Waals surface area contributed by atoms with E-state index in [0.29, 0.717) is 12.4 Å². The number of guanidine groups is 1. The van der Waals surface area contributed by atoms with E-state index in [0.717, 1.165) is 30.4 Å². The second kappa shape index (κ2) is 10.5. The number of aliphatic imine (C=N–C) groups is 1. The minimum atomic E-state index is 0. The van der Waals surface area contributed by atoms with Crippen molar-refractivity contribution in [2.45, 2.75) is 33.9 Å². The predicted octanol–water partition coefficient (Wildman–Crippen LogP) is 4.89. The van der Waals surface area contributed by atoms with E-state index < -0.39 is 0 Å². The number of rotatable bonds is 6. The van der Waals surface area contributed by atoms with Crippen molar-refractivity contribution in [2.24, 2.45) is 4.99 Å². The summed E-state index contributed by atoms with van der Waals surface area (Å²) in [5.74, 6) is 2.13. The fourth-order valence-electron chi connectivity index (χ4n) is 2.47. The molecule has 2 N–H and O–H groups in total. The maximum Gasteiger partial charge on any atom is 0.216 e. The Balaban J connectivity index is 0.00000261. The lowest BCUT2D eigenvalue weighted by atomic mass is 10.1. The summed E-state index contributed by atoms with van der Waals surface area (Å²) >= 11 is 1.75. The maximum atomic E-state index is 5.84. The number of aromatic nitrogens is 1. The fourth-order valence-corrected chi connectivity index (χ4v) is 3.32. The van der Waals surface area contributed by atoms with Crippen LogP contribution in [0.1, 0.15) is 28.8 Å². The van der Waals surface area contributed by atoms with Gasteiger partial charge in [0.1, 0.15) is 6.54 Å². The summed E-state index contributed by atoms with van der Waals surface area (Å²) in [6.07, 6.45) is 1.75. The molecule has 2 heterocycles. The van der Waals surface area contributed by atoms with Gasteiger partial charge in [-0.15, -0.1) is 35.3 Å². The lowest BCUT2D eigenvalue weighted by Gasteiger charge is -2.10. The predicted molar refractivity (Wildman–Crippen MR) is 123 cm³/mol. The molecule has 7 heteroatoms. The van der Waals surface area contributed by atoms with Gasteiger partial charge in [-0.2, -0.15) is 0 Å². The smallest absolute Gasteiger partial charge is 0.216 e. The number of hydrogen-bond donors (Lipinski definition) is 2. The van der Waals surface area contributed by atoms with E-state index in [1.54, 1.807) is 17.5 Å². The van der Waals surface area contributed by atoms with Crippen LogP contribution in [0.25, 0.3) is 11.3 Å². The van der Waals surface area contributed by atoms with Crippen molar-refractivity contribution < 1.29 is 4.42 Å². The van der Waals surface area contributed by atoms with Crippen molar-refractivity contribution in [2.75, 3.05) is 6.54 Å². The molecule has 1 aromatic carbocycles. The molecule has 0 fully saturated rings. The molecule has 0 aliphatic rings. The highest BCUT2D eigenvalue weighted by Gasteiger charge is 2.07. The van der Waals surface area contributed by atoms with Crippen molar-refractivity contribution in [3.8, 4) is 11.3 Å². The van der Waals surface area contributed by atoms with Gasteiger partial charge in [0.05, 0.1) is 12.7 Å².